The Morgan fingerprint density at radius 1 is 0.870 bits per heavy atom. The molecule has 0 unspecified atom stereocenters. The van der Waals surface area contributed by atoms with Crippen LogP contribution in [0.25, 0.3) is 0 Å². The molecule has 0 amide bonds. The van der Waals surface area contributed by atoms with E-state index in [2.05, 4.69) is 22.1 Å². The highest BCUT2D eigenvalue weighted by Gasteiger charge is 1.95. The molecule has 1 heterocycles. The van der Waals surface area contributed by atoms with Crippen LogP contribution in [0.2, 0.25) is 0 Å². The minimum atomic E-state index is -0.230. The molecule has 0 fully saturated rings. The maximum Gasteiger partial charge on any atom is 0.123 e. The molecule has 0 atom stereocenters. The maximum absolute atomic E-state index is 12.8. The molecular weight excluding hydrogens is 287 g/mol. The minimum Gasteiger partial charge on any atom is -0.381 e. The summed E-state index contributed by atoms with van der Waals surface area (Å²) in [5, 5.41) is 3.25. The molecule has 0 aliphatic heterocycles. The Kier molecular flexibility index (Phi) is 4.66. The molecule has 0 saturated carbocycles. The van der Waals surface area contributed by atoms with Gasteiger partial charge >= 0.3 is 0 Å². The average molecular weight is 302 g/mol. The van der Waals surface area contributed by atoms with Crippen LogP contribution in [0.4, 0.5) is 10.1 Å². The molecule has 0 radical (unpaired) electrons. The Morgan fingerprint density at radius 2 is 1.61 bits per heavy atom. The van der Waals surface area contributed by atoms with Gasteiger partial charge in [0.2, 0.25) is 0 Å². The van der Waals surface area contributed by atoms with Crippen molar-refractivity contribution >= 4 is 5.69 Å². The minimum absolute atomic E-state index is 0.230. The van der Waals surface area contributed by atoms with Crippen LogP contribution in [0.15, 0.2) is 73.1 Å². The topological polar surface area (TPSA) is 24.9 Å². The lowest BCUT2D eigenvalue weighted by Gasteiger charge is -2.06. The second kappa shape index (κ2) is 7.24. The molecule has 3 heteroatoms. The molecule has 23 heavy (non-hydrogen) atoms. The average Bonchev–Trinajstić information content (AvgIpc) is 2.61. The number of hydrogen-bond donors (Lipinski definition) is 1. The first-order valence-corrected chi connectivity index (χ1v) is 7.30. The molecular formula is C20H15FN2. The van der Waals surface area contributed by atoms with E-state index in [0.717, 1.165) is 22.4 Å². The first kappa shape index (κ1) is 14.8. The van der Waals surface area contributed by atoms with E-state index in [-0.39, 0.29) is 5.82 Å². The second-order valence-electron chi connectivity index (χ2n) is 5.05. The van der Waals surface area contributed by atoms with E-state index in [1.54, 1.807) is 24.5 Å². The van der Waals surface area contributed by atoms with Crippen LogP contribution in [-0.4, -0.2) is 4.98 Å². The lowest BCUT2D eigenvalue weighted by atomic mass is 10.1. The third-order valence-electron chi connectivity index (χ3n) is 3.31. The SMILES string of the molecule is Fc1ccc(NCc2ccc(C#Cc3cccnc3)cc2)cc1. The van der Waals surface area contributed by atoms with Crippen molar-refractivity contribution in [3.8, 4) is 11.8 Å². The number of anilines is 1. The van der Waals surface area contributed by atoms with Gasteiger partial charge in [0.25, 0.3) is 0 Å². The summed E-state index contributed by atoms with van der Waals surface area (Å²) in [5.41, 5.74) is 3.89. The first-order valence-electron chi connectivity index (χ1n) is 7.30. The normalized spacial score (nSPS) is 9.78. The largest absolute Gasteiger partial charge is 0.381 e. The molecule has 0 bridgehead atoms. The summed E-state index contributed by atoms with van der Waals surface area (Å²) < 4.78 is 12.8. The van der Waals surface area contributed by atoms with Crippen LogP contribution in [0.5, 0.6) is 0 Å². The lowest BCUT2D eigenvalue weighted by Crippen LogP contribution is -1.99. The Bertz CT molecular complexity index is 814. The predicted octanol–water partition coefficient (Wildman–Crippen LogP) is 4.23. The fraction of sp³-hybridized carbons (Fsp3) is 0.0500. The van der Waals surface area contributed by atoms with Gasteiger partial charge in [-0.3, -0.25) is 4.98 Å². The van der Waals surface area contributed by atoms with E-state index in [4.69, 9.17) is 0 Å². The summed E-state index contributed by atoms with van der Waals surface area (Å²) in [6.45, 7) is 0.682. The molecule has 1 aromatic heterocycles. The van der Waals surface area contributed by atoms with Gasteiger partial charge in [0, 0.05) is 35.8 Å². The summed E-state index contributed by atoms with van der Waals surface area (Å²) in [6, 6.07) is 18.2. The second-order valence-corrected chi connectivity index (χ2v) is 5.05. The number of rotatable bonds is 3. The molecule has 3 aromatic rings. The molecule has 0 saturated heterocycles. The number of halogens is 1. The highest BCUT2D eigenvalue weighted by Crippen LogP contribution is 2.11. The van der Waals surface area contributed by atoms with E-state index in [0.29, 0.717) is 6.54 Å². The smallest absolute Gasteiger partial charge is 0.123 e. The standard InChI is InChI=1S/C20H15FN2/c21-19-9-11-20(12-10-19)23-15-18-7-4-16(5-8-18)3-6-17-2-1-13-22-14-17/h1-2,4-5,7-14,23H,15H2. The van der Waals surface area contributed by atoms with Gasteiger partial charge in [-0.15, -0.1) is 0 Å². The maximum atomic E-state index is 12.8. The fourth-order valence-electron chi connectivity index (χ4n) is 2.06. The number of aromatic nitrogens is 1. The van der Waals surface area contributed by atoms with Crippen molar-refractivity contribution in [3.63, 3.8) is 0 Å². The van der Waals surface area contributed by atoms with Crippen molar-refractivity contribution in [1.29, 1.82) is 0 Å². The van der Waals surface area contributed by atoms with Crippen LogP contribution in [-0.2, 0) is 6.54 Å². The number of benzene rings is 2. The lowest BCUT2D eigenvalue weighted by molar-refractivity contribution is 0.628. The molecule has 0 spiro atoms. The van der Waals surface area contributed by atoms with E-state index >= 15 is 0 Å². The summed E-state index contributed by atoms with van der Waals surface area (Å²) in [7, 11) is 0. The Hall–Kier alpha value is -3.12. The van der Waals surface area contributed by atoms with Gasteiger partial charge in [-0.2, -0.15) is 0 Å². The summed E-state index contributed by atoms with van der Waals surface area (Å²) in [6.07, 6.45) is 3.47. The Morgan fingerprint density at radius 3 is 2.30 bits per heavy atom. The Labute approximate surface area is 135 Å². The van der Waals surface area contributed by atoms with E-state index in [1.165, 1.54) is 12.1 Å². The molecule has 0 aliphatic carbocycles. The van der Waals surface area contributed by atoms with Crippen LogP contribution in [0, 0.1) is 17.7 Å². The van der Waals surface area contributed by atoms with Gasteiger partial charge in [-0.25, -0.2) is 4.39 Å². The fourth-order valence-corrected chi connectivity index (χ4v) is 2.06. The van der Waals surface area contributed by atoms with Gasteiger partial charge in [0.15, 0.2) is 0 Å². The van der Waals surface area contributed by atoms with Crippen LogP contribution < -0.4 is 5.32 Å². The highest BCUT2D eigenvalue weighted by molar-refractivity contribution is 5.45. The van der Waals surface area contributed by atoms with E-state index < -0.39 is 0 Å². The molecule has 112 valence electrons. The van der Waals surface area contributed by atoms with E-state index in [1.807, 2.05) is 36.4 Å². The number of pyridine rings is 1. The Balaban J connectivity index is 1.61. The van der Waals surface area contributed by atoms with Crippen LogP contribution in [0.1, 0.15) is 16.7 Å². The van der Waals surface area contributed by atoms with Crippen molar-refractivity contribution in [2.24, 2.45) is 0 Å². The van der Waals surface area contributed by atoms with Crippen LogP contribution >= 0.6 is 0 Å². The van der Waals surface area contributed by atoms with Gasteiger partial charge in [0.05, 0.1) is 0 Å². The summed E-state index contributed by atoms with van der Waals surface area (Å²) >= 11 is 0. The zero-order chi connectivity index (χ0) is 15.9. The van der Waals surface area contributed by atoms with Crippen LogP contribution in [0.3, 0.4) is 0 Å². The van der Waals surface area contributed by atoms with Gasteiger partial charge in [-0.1, -0.05) is 24.0 Å². The van der Waals surface area contributed by atoms with Gasteiger partial charge < -0.3 is 5.32 Å². The number of nitrogens with one attached hydrogen (secondary N) is 1. The molecule has 2 nitrogen and oxygen atoms in total. The molecule has 0 aliphatic rings. The van der Waals surface area contributed by atoms with Crippen molar-refractivity contribution in [2.45, 2.75) is 6.54 Å². The predicted molar refractivity (Wildman–Crippen MR) is 90.4 cm³/mol. The number of hydrogen-bond acceptors (Lipinski definition) is 2. The summed E-state index contributed by atoms with van der Waals surface area (Å²) in [5.74, 6) is 5.97. The van der Waals surface area contributed by atoms with Gasteiger partial charge in [0.1, 0.15) is 5.82 Å². The molecule has 2 aromatic carbocycles. The van der Waals surface area contributed by atoms with Crippen molar-refractivity contribution < 1.29 is 4.39 Å². The zero-order valence-corrected chi connectivity index (χ0v) is 12.5. The highest BCUT2D eigenvalue weighted by atomic mass is 19.1. The van der Waals surface area contributed by atoms with Crippen molar-refractivity contribution in [1.82, 2.24) is 4.98 Å². The zero-order valence-electron chi connectivity index (χ0n) is 12.5. The third-order valence-corrected chi connectivity index (χ3v) is 3.31. The van der Waals surface area contributed by atoms with Crippen molar-refractivity contribution in [3.05, 3.63) is 95.6 Å². The summed E-state index contributed by atoms with van der Waals surface area (Å²) in [4.78, 5) is 4.04. The quantitative estimate of drug-likeness (QED) is 0.732. The monoisotopic (exact) mass is 302 g/mol. The number of nitrogens with zero attached hydrogens (tertiary/aromatic N) is 1. The molecule has 3 rings (SSSR count). The van der Waals surface area contributed by atoms with Crippen molar-refractivity contribution in [2.75, 3.05) is 5.32 Å². The van der Waals surface area contributed by atoms with E-state index in [9.17, 15) is 4.39 Å². The third kappa shape index (κ3) is 4.42. The first-order chi connectivity index (χ1) is 11.3. The molecule has 1 N–H and O–H groups in total. The van der Waals surface area contributed by atoms with Gasteiger partial charge in [-0.05, 0) is 54.1 Å².